The van der Waals surface area contributed by atoms with E-state index in [2.05, 4.69) is 4.98 Å². The van der Waals surface area contributed by atoms with E-state index >= 15 is 0 Å². The molecule has 4 nitrogen and oxygen atoms in total. The maximum absolute atomic E-state index is 5.86. The highest BCUT2D eigenvalue weighted by Crippen LogP contribution is 2.32. The van der Waals surface area contributed by atoms with Crippen molar-refractivity contribution >= 4 is 10.9 Å². The molecule has 0 fully saturated rings. The minimum Gasteiger partial charge on any atom is -0.497 e. The van der Waals surface area contributed by atoms with E-state index in [1.165, 1.54) is 0 Å². The Labute approximate surface area is 104 Å². The van der Waals surface area contributed by atoms with Crippen LogP contribution in [0.5, 0.6) is 5.75 Å². The Balaban J connectivity index is 2.27. The van der Waals surface area contributed by atoms with E-state index in [9.17, 15) is 0 Å². The lowest BCUT2D eigenvalue weighted by Gasteiger charge is -2.00. The molecule has 0 aliphatic rings. The van der Waals surface area contributed by atoms with Gasteiger partial charge >= 0.3 is 0 Å². The third kappa shape index (κ3) is 1.58. The second-order valence-electron chi connectivity index (χ2n) is 4.07. The van der Waals surface area contributed by atoms with Crippen LogP contribution in [0.25, 0.3) is 22.4 Å². The molecular weight excluding hydrogens is 228 g/mol. The summed E-state index contributed by atoms with van der Waals surface area (Å²) in [5.74, 6) is 1.62. The normalized spacial score (nSPS) is 11.0. The Morgan fingerprint density at radius 3 is 2.89 bits per heavy atom. The molecular formula is C14H14N2O2. The number of aromatic nitrogens is 1. The average Bonchev–Trinajstić information content (AvgIpc) is 3.04. The van der Waals surface area contributed by atoms with Gasteiger partial charge in [0.15, 0.2) is 0 Å². The van der Waals surface area contributed by atoms with Gasteiger partial charge in [-0.3, -0.25) is 0 Å². The van der Waals surface area contributed by atoms with Crippen molar-refractivity contribution in [3.05, 3.63) is 42.2 Å². The minimum atomic E-state index is 0.448. The van der Waals surface area contributed by atoms with Gasteiger partial charge in [0.05, 0.1) is 19.1 Å². The van der Waals surface area contributed by atoms with Crippen LogP contribution in [-0.2, 0) is 6.54 Å². The first-order valence-corrected chi connectivity index (χ1v) is 5.76. The first-order valence-electron chi connectivity index (χ1n) is 5.76. The molecule has 2 heterocycles. The highest BCUT2D eigenvalue weighted by Gasteiger charge is 2.14. The summed E-state index contributed by atoms with van der Waals surface area (Å²) in [5.41, 5.74) is 8.86. The fourth-order valence-electron chi connectivity index (χ4n) is 2.20. The molecule has 0 unspecified atom stereocenters. The van der Waals surface area contributed by atoms with Crippen LogP contribution in [0.15, 0.2) is 41.0 Å². The molecule has 0 amide bonds. The van der Waals surface area contributed by atoms with Crippen LogP contribution >= 0.6 is 0 Å². The van der Waals surface area contributed by atoms with Gasteiger partial charge in [-0.1, -0.05) is 0 Å². The Morgan fingerprint density at radius 1 is 1.33 bits per heavy atom. The zero-order chi connectivity index (χ0) is 12.5. The second-order valence-corrected chi connectivity index (χ2v) is 4.07. The molecule has 0 saturated heterocycles. The van der Waals surface area contributed by atoms with Crippen molar-refractivity contribution in [1.82, 2.24) is 4.98 Å². The molecule has 0 radical (unpaired) electrons. The molecule has 0 spiro atoms. The van der Waals surface area contributed by atoms with Gasteiger partial charge in [-0.25, -0.2) is 0 Å². The summed E-state index contributed by atoms with van der Waals surface area (Å²) in [6.07, 6.45) is 1.65. The smallest absolute Gasteiger partial charge is 0.150 e. The topological polar surface area (TPSA) is 64.2 Å². The fourth-order valence-corrected chi connectivity index (χ4v) is 2.20. The van der Waals surface area contributed by atoms with Crippen molar-refractivity contribution in [2.45, 2.75) is 6.54 Å². The first-order chi connectivity index (χ1) is 8.83. The van der Waals surface area contributed by atoms with Gasteiger partial charge in [-0.05, 0) is 30.3 Å². The summed E-state index contributed by atoms with van der Waals surface area (Å²) in [4.78, 5) is 3.34. The molecule has 0 atom stereocenters. The highest BCUT2D eigenvalue weighted by molar-refractivity contribution is 5.90. The molecule has 2 aromatic heterocycles. The van der Waals surface area contributed by atoms with Crippen LogP contribution < -0.4 is 10.5 Å². The van der Waals surface area contributed by atoms with Crippen LogP contribution in [0.4, 0.5) is 0 Å². The Hall–Kier alpha value is -2.20. The molecule has 1 aromatic carbocycles. The van der Waals surface area contributed by atoms with E-state index < -0.39 is 0 Å². The number of nitrogens with two attached hydrogens (primary N) is 1. The van der Waals surface area contributed by atoms with Gasteiger partial charge in [0.2, 0.25) is 0 Å². The molecule has 3 aromatic rings. The number of methoxy groups -OCH3 is 1. The van der Waals surface area contributed by atoms with Gasteiger partial charge in [0.25, 0.3) is 0 Å². The number of rotatable bonds is 3. The molecule has 92 valence electrons. The molecule has 4 heteroatoms. The monoisotopic (exact) mass is 242 g/mol. The van der Waals surface area contributed by atoms with Gasteiger partial charge in [0.1, 0.15) is 11.5 Å². The number of H-pyrrole nitrogens is 1. The maximum Gasteiger partial charge on any atom is 0.150 e. The standard InChI is InChI=1S/C14H14N2O2/c1-17-9-4-5-12-10(7-9)11(8-15)14(16-12)13-3-2-6-18-13/h2-7,16H,8,15H2,1H3. The minimum absolute atomic E-state index is 0.448. The molecule has 18 heavy (non-hydrogen) atoms. The Kier molecular flexibility index (Phi) is 2.57. The number of aromatic amines is 1. The van der Waals surface area contributed by atoms with Crippen LogP contribution in [0.2, 0.25) is 0 Å². The van der Waals surface area contributed by atoms with Crippen molar-refractivity contribution < 1.29 is 9.15 Å². The van der Waals surface area contributed by atoms with E-state index in [-0.39, 0.29) is 0 Å². The van der Waals surface area contributed by atoms with Crippen LogP contribution in [0.3, 0.4) is 0 Å². The summed E-state index contributed by atoms with van der Waals surface area (Å²) in [6, 6.07) is 9.67. The van der Waals surface area contributed by atoms with E-state index in [4.69, 9.17) is 14.9 Å². The predicted octanol–water partition coefficient (Wildman–Crippen LogP) is 2.90. The lowest BCUT2D eigenvalue weighted by atomic mass is 10.1. The molecule has 0 bridgehead atoms. The molecule has 3 rings (SSSR count). The van der Waals surface area contributed by atoms with E-state index in [0.717, 1.165) is 33.7 Å². The fraction of sp³-hybridized carbons (Fsp3) is 0.143. The van der Waals surface area contributed by atoms with E-state index in [0.29, 0.717) is 6.54 Å². The first kappa shape index (κ1) is 10.9. The number of furan rings is 1. The Morgan fingerprint density at radius 2 is 2.22 bits per heavy atom. The number of hydrogen-bond donors (Lipinski definition) is 2. The summed E-state index contributed by atoms with van der Waals surface area (Å²) in [5, 5.41) is 1.07. The van der Waals surface area contributed by atoms with Crippen LogP contribution in [0, 0.1) is 0 Å². The summed E-state index contributed by atoms with van der Waals surface area (Å²) in [7, 11) is 1.66. The average molecular weight is 242 g/mol. The number of fused-ring (bicyclic) bond motifs is 1. The van der Waals surface area contributed by atoms with Crippen LogP contribution in [0.1, 0.15) is 5.56 Å². The number of nitrogens with one attached hydrogen (secondary N) is 1. The van der Waals surface area contributed by atoms with Gasteiger partial charge in [-0.15, -0.1) is 0 Å². The van der Waals surface area contributed by atoms with Gasteiger partial charge in [-0.2, -0.15) is 0 Å². The predicted molar refractivity (Wildman–Crippen MR) is 70.4 cm³/mol. The third-order valence-electron chi connectivity index (χ3n) is 3.09. The number of benzene rings is 1. The summed E-state index contributed by atoms with van der Waals surface area (Å²) < 4.78 is 10.7. The SMILES string of the molecule is COc1ccc2[nH]c(-c3ccco3)c(CN)c2c1. The molecule has 0 aliphatic heterocycles. The lowest BCUT2D eigenvalue weighted by Crippen LogP contribution is -1.97. The van der Waals surface area contributed by atoms with Gasteiger partial charge in [0, 0.05) is 23.0 Å². The number of ether oxygens (including phenoxy) is 1. The van der Waals surface area contributed by atoms with Crippen molar-refractivity contribution in [1.29, 1.82) is 0 Å². The van der Waals surface area contributed by atoms with E-state index in [1.54, 1.807) is 13.4 Å². The summed E-state index contributed by atoms with van der Waals surface area (Å²) >= 11 is 0. The molecule has 0 saturated carbocycles. The van der Waals surface area contributed by atoms with Crippen LogP contribution in [-0.4, -0.2) is 12.1 Å². The molecule has 3 N–H and O–H groups in total. The Bertz CT molecular complexity index is 668. The third-order valence-corrected chi connectivity index (χ3v) is 3.09. The number of hydrogen-bond acceptors (Lipinski definition) is 3. The van der Waals surface area contributed by atoms with Crippen molar-refractivity contribution in [3.63, 3.8) is 0 Å². The van der Waals surface area contributed by atoms with Crippen molar-refractivity contribution in [3.8, 4) is 17.2 Å². The zero-order valence-electron chi connectivity index (χ0n) is 10.1. The highest BCUT2D eigenvalue weighted by atomic mass is 16.5. The van der Waals surface area contributed by atoms with Gasteiger partial charge < -0.3 is 19.9 Å². The second kappa shape index (κ2) is 4.23. The lowest BCUT2D eigenvalue weighted by molar-refractivity contribution is 0.415. The van der Waals surface area contributed by atoms with Crippen molar-refractivity contribution in [2.24, 2.45) is 5.73 Å². The maximum atomic E-state index is 5.86. The largest absolute Gasteiger partial charge is 0.497 e. The summed E-state index contributed by atoms with van der Waals surface area (Å²) in [6.45, 7) is 0.448. The quantitative estimate of drug-likeness (QED) is 0.742. The molecule has 0 aliphatic carbocycles. The van der Waals surface area contributed by atoms with E-state index in [1.807, 2.05) is 30.3 Å². The zero-order valence-corrected chi connectivity index (χ0v) is 10.1. The van der Waals surface area contributed by atoms with Crippen molar-refractivity contribution in [2.75, 3.05) is 7.11 Å².